The van der Waals surface area contributed by atoms with E-state index in [2.05, 4.69) is 20.8 Å². The third-order valence-electron chi connectivity index (χ3n) is 7.05. The molecule has 1 aliphatic carbocycles. The number of carboxylic acids is 1. The number of benzene rings is 3. The molecule has 0 amide bonds. The summed E-state index contributed by atoms with van der Waals surface area (Å²) in [4.78, 5) is 11.4. The van der Waals surface area contributed by atoms with E-state index in [9.17, 15) is 14.3 Å². The van der Waals surface area contributed by atoms with Crippen LogP contribution in [0.15, 0.2) is 60.7 Å². The Bertz CT molecular complexity index is 1280. The molecule has 202 valence electrons. The molecule has 6 heteroatoms. The Balaban J connectivity index is 1.66. The Morgan fingerprint density at radius 3 is 2.37 bits per heavy atom. The Morgan fingerprint density at radius 1 is 1.00 bits per heavy atom. The van der Waals surface area contributed by atoms with Crippen LogP contribution in [0.1, 0.15) is 75.7 Å². The van der Waals surface area contributed by atoms with Crippen molar-refractivity contribution in [1.29, 1.82) is 0 Å². The summed E-state index contributed by atoms with van der Waals surface area (Å²) in [7, 11) is 0. The van der Waals surface area contributed by atoms with Crippen LogP contribution < -0.4 is 4.74 Å². The van der Waals surface area contributed by atoms with Crippen LogP contribution in [0.2, 0.25) is 0 Å². The van der Waals surface area contributed by atoms with Crippen molar-refractivity contribution in [1.82, 2.24) is 0 Å². The summed E-state index contributed by atoms with van der Waals surface area (Å²) in [5.74, 6) is -1.82. The van der Waals surface area contributed by atoms with Gasteiger partial charge in [-0.25, -0.2) is 8.78 Å². The molecule has 0 unspecified atom stereocenters. The largest absolute Gasteiger partial charge is 0.486 e. The molecule has 0 heterocycles. The molecular weight excluding hydrogens is 486 g/mol. The zero-order valence-corrected chi connectivity index (χ0v) is 22.5. The highest BCUT2D eigenvalue weighted by Gasteiger charge is 2.36. The smallest absolute Gasteiger partial charge is 0.303 e. The number of ether oxygens (including phenoxy) is 2. The van der Waals surface area contributed by atoms with Crippen LogP contribution in [0.5, 0.6) is 5.75 Å². The zero-order chi connectivity index (χ0) is 27.4. The zero-order valence-electron chi connectivity index (χ0n) is 22.5. The normalized spacial score (nSPS) is 15.2. The molecule has 4 rings (SSSR count). The summed E-state index contributed by atoms with van der Waals surface area (Å²) >= 11 is 0. The van der Waals surface area contributed by atoms with Gasteiger partial charge in [-0.05, 0) is 71.6 Å². The average molecular weight is 523 g/mol. The highest BCUT2D eigenvalue weighted by Crippen LogP contribution is 2.46. The first-order chi connectivity index (χ1) is 18.1. The van der Waals surface area contributed by atoms with Gasteiger partial charge in [-0.2, -0.15) is 0 Å². The maximum atomic E-state index is 15.5. The molecule has 0 saturated heterocycles. The predicted molar refractivity (Wildman–Crippen MR) is 144 cm³/mol. The summed E-state index contributed by atoms with van der Waals surface area (Å²) in [5, 5.41) is 9.33. The minimum Gasteiger partial charge on any atom is -0.486 e. The molecule has 0 aliphatic heterocycles. The fraction of sp³-hybridized carbons (Fsp3) is 0.406. The van der Waals surface area contributed by atoms with Crippen molar-refractivity contribution >= 4 is 5.97 Å². The maximum absolute atomic E-state index is 15.5. The van der Waals surface area contributed by atoms with Crippen molar-refractivity contribution in [2.45, 2.75) is 65.6 Å². The van der Waals surface area contributed by atoms with Gasteiger partial charge in [0.25, 0.3) is 0 Å². The van der Waals surface area contributed by atoms with E-state index in [0.29, 0.717) is 17.7 Å². The van der Waals surface area contributed by atoms with Crippen LogP contribution in [0.3, 0.4) is 0 Å². The quantitative estimate of drug-likeness (QED) is 0.275. The molecule has 0 aromatic heterocycles. The maximum Gasteiger partial charge on any atom is 0.303 e. The number of hydrogen-bond acceptors (Lipinski definition) is 3. The monoisotopic (exact) mass is 522 g/mol. The summed E-state index contributed by atoms with van der Waals surface area (Å²) in [5.41, 5.74) is 3.00. The first-order valence-electron chi connectivity index (χ1n) is 13.2. The minimum atomic E-state index is -0.933. The lowest BCUT2D eigenvalue weighted by Crippen LogP contribution is -2.22. The third-order valence-corrected chi connectivity index (χ3v) is 7.05. The molecule has 1 aliphatic rings. The molecule has 3 aromatic rings. The third kappa shape index (κ3) is 6.41. The lowest BCUT2D eigenvalue weighted by molar-refractivity contribution is -0.137. The highest BCUT2D eigenvalue weighted by atomic mass is 19.1. The van der Waals surface area contributed by atoms with Crippen molar-refractivity contribution < 1.29 is 28.2 Å². The van der Waals surface area contributed by atoms with Crippen molar-refractivity contribution in [3.05, 3.63) is 89.0 Å². The van der Waals surface area contributed by atoms with Gasteiger partial charge < -0.3 is 14.6 Å². The summed E-state index contributed by atoms with van der Waals surface area (Å²) < 4.78 is 42.4. The molecule has 0 spiro atoms. The van der Waals surface area contributed by atoms with E-state index in [0.717, 1.165) is 29.5 Å². The Hall–Kier alpha value is -3.25. The standard InChI is InChI=1S/C32H36F2O4/c1-5-37-31(32(2,3)4)26-17-20(13-16-22(26)23-9-6-7-11-27(23)33)19-38-28-12-8-10-24(30(28)34)25(18-29(35)36)21-14-15-21/h6-13,16-17,21,25,31H,5,14-15,18-19H2,1-4H3,(H,35,36)/t25-,31+/m1/s1. The second-order valence-corrected chi connectivity index (χ2v) is 11.1. The Kier molecular flexibility index (Phi) is 8.51. The lowest BCUT2D eigenvalue weighted by Gasteiger charge is -2.32. The number of halogens is 2. The van der Waals surface area contributed by atoms with Gasteiger partial charge in [0, 0.05) is 18.1 Å². The number of aliphatic carboxylic acids is 1. The molecule has 1 fully saturated rings. The molecule has 1 saturated carbocycles. The van der Waals surface area contributed by atoms with Crippen LogP contribution >= 0.6 is 0 Å². The van der Waals surface area contributed by atoms with Crippen LogP contribution in [0, 0.1) is 23.0 Å². The van der Waals surface area contributed by atoms with Crippen molar-refractivity contribution in [2.75, 3.05) is 6.61 Å². The van der Waals surface area contributed by atoms with E-state index in [1.165, 1.54) is 6.07 Å². The molecule has 2 atom stereocenters. The second-order valence-electron chi connectivity index (χ2n) is 11.1. The topological polar surface area (TPSA) is 55.8 Å². The second kappa shape index (κ2) is 11.6. The molecule has 0 bridgehead atoms. The van der Waals surface area contributed by atoms with E-state index in [4.69, 9.17) is 9.47 Å². The van der Waals surface area contributed by atoms with Crippen LogP contribution in [-0.2, 0) is 16.1 Å². The molecule has 4 nitrogen and oxygen atoms in total. The average Bonchev–Trinajstić information content (AvgIpc) is 3.70. The molecular formula is C32H36F2O4. The molecule has 1 N–H and O–H groups in total. The van der Waals surface area contributed by atoms with Crippen molar-refractivity contribution in [3.8, 4) is 16.9 Å². The first-order valence-corrected chi connectivity index (χ1v) is 13.2. The summed E-state index contributed by atoms with van der Waals surface area (Å²) in [6.07, 6.45) is 1.41. The van der Waals surface area contributed by atoms with E-state index in [1.807, 2.05) is 25.1 Å². The van der Waals surface area contributed by atoms with Crippen LogP contribution in [-0.4, -0.2) is 17.7 Å². The molecule has 0 radical (unpaired) electrons. The highest BCUT2D eigenvalue weighted by molar-refractivity contribution is 5.69. The Labute approximate surface area is 223 Å². The van der Waals surface area contributed by atoms with E-state index >= 15 is 4.39 Å². The van der Waals surface area contributed by atoms with Gasteiger partial charge in [-0.1, -0.05) is 63.2 Å². The predicted octanol–water partition coefficient (Wildman–Crippen LogP) is 8.30. The number of hydrogen-bond donors (Lipinski definition) is 1. The van der Waals surface area contributed by atoms with Crippen molar-refractivity contribution in [3.63, 3.8) is 0 Å². The Morgan fingerprint density at radius 2 is 1.74 bits per heavy atom. The van der Waals surface area contributed by atoms with Crippen molar-refractivity contribution in [2.24, 2.45) is 11.3 Å². The van der Waals surface area contributed by atoms with E-state index in [1.54, 1.807) is 36.4 Å². The van der Waals surface area contributed by atoms with E-state index in [-0.39, 0.29) is 47.9 Å². The molecule has 38 heavy (non-hydrogen) atoms. The van der Waals surface area contributed by atoms with Gasteiger partial charge in [0.15, 0.2) is 11.6 Å². The van der Waals surface area contributed by atoms with Gasteiger partial charge in [0.2, 0.25) is 0 Å². The first kappa shape index (κ1) is 27.8. The number of rotatable bonds is 11. The fourth-order valence-electron chi connectivity index (χ4n) is 5.12. The van der Waals surface area contributed by atoms with Gasteiger partial charge in [-0.15, -0.1) is 0 Å². The molecule has 3 aromatic carbocycles. The van der Waals surface area contributed by atoms with Gasteiger partial charge in [-0.3, -0.25) is 4.79 Å². The van der Waals surface area contributed by atoms with Gasteiger partial charge in [0.05, 0.1) is 12.5 Å². The van der Waals surface area contributed by atoms with Crippen LogP contribution in [0.25, 0.3) is 11.1 Å². The van der Waals surface area contributed by atoms with E-state index < -0.39 is 11.8 Å². The van der Waals surface area contributed by atoms with Gasteiger partial charge >= 0.3 is 5.97 Å². The summed E-state index contributed by atoms with van der Waals surface area (Å²) in [6.45, 7) is 8.77. The lowest BCUT2D eigenvalue weighted by atomic mass is 9.81. The SMILES string of the molecule is CCO[C@@H](c1cc(COc2cccc([C@H](CC(=O)O)C3CC3)c2F)ccc1-c1ccccc1F)C(C)(C)C. The fourth-order valence-corrected chi connectivity index (χ4v) is 5.12. The number of carbonyl (C=O) groups is 1. The summed E-state index contributed by atoms with van der Waals surface area (Å²) in [6, 6.07) is 17.3. The minimum absolute atomic E-state index is 0.0930. The van der Waals surface area contributed by atoms with Gasteiger partial charge in [0.1, 0.15) is 12.4 Å². The van der Waals surface area contributed by atoms with Crippen LogP contribution in [0.4, 0.5) is 8.78 Å². The number of carboxylic acid groups (broad SMARTS) is 1.